The number of hydrogen-bond donors (Lipinski definition) is 0. The van der Waals surface area contributed by atoms with E-state index < -0.39 is 11.8 Å². The number of carbonyl (C=O) groups excluding carboxylic acids is 4. The third kappa shape index (κ3) is 18.0. The van der Waals surface area contributed by atoms with Crippen LogP contribution in [0, 0.1) is 35.5 Å². The highest BCUT2D eigenvalue weighted by Crippen LogP contribution is 2.27. The van der Waals surface area contributed by atoms with Crippen LogP contribution in [0.3, 0.4) is 0 Å². The molecule has 0 saturated heterocycles. The van der Waals surface area contributed by atoms with E-state index in [1.165, 1.54) is 0 Å². The van der Waals surface area contributed by atoms with Crippen molar-refractivity contribution in [3.63, 3.8) is 0 Å². The molecule has 8 heteroatoms. The number of ketones is 2. The molecule has 2 atom stereocenters. The van der Waals surface area contributed by atoms with E-state index in [0.717, 1.165) is 52.1 Å². The Hall–Kier alpha value is -1.80. The van der Waals surface area contributed by atoms with Gasteiger partial charge in [-0.2, -0.15) is 0 Å². The van der Waals surface area contributed by atoms with E-state index in [4.69, 9.17) is 9.47 Å². The maximum absolute atomic E-state index is 12.7. The summed E-state index contributed by atoms with van der Waals surface area (Å²) in [4.78, 5) is 54.7. The maximum Gasteiger partial charge on any atom is 0.305 e. The fourth-order valence-corrected chi connectivity index (χ4v) is 5.82. The predicted molar refractivity (Wildman–Crippen MR) is 168 cm³/mol. The summed E-state index contributed by atoms with van der Waals surface area (Å²) in [5.74, 6) is 1.12. The van der Waals surface area contributed by atoms with Gasteiger partial charge in [0.25, 0.3) is 0 Å². The summed E-state index contributed by atoms with van der Waals surface area (Å²) in [7, 11) is 0. The standard InChI is InChI=1S/C34H62N2O6/c1-25(2)21-35(22-26(3)4)15-9-11-33(39)41-17-13-29-19-32(38)30(20-31(29)37)14-18-42-34(40)12-10-16-36(23-27(5)6)24-28(7)8/h25-30H,9-24H2,1-8H3. The molecule has 0 aliphatic heterocycles. The van der Waals surface area contributed by atoms with E-state index in [-0.39, 0.29) is 49.6 Å². The van der Waals surface area contributed by atoms with Crippen LogP contribution in [0.2, 0.25) is 0 Å². The van der Waals surface area contributed by atoms with Gasteiger partial charge in [0.2, 0.25) is 0 Å². The summed E-state index contributed by atoms with van der Waals surface area (Å²) in [5.41, 5.74) is 0. The van der Waals surface area contributed by atoms with Gasteiger partial charge in [-0.15, -0.1) is 0 Å². The lowest BCUT2D eigenvalue weighted by molar-refractivity contribution is -0.147. The van der Waals surface area contributed by atoms with Gasteiger partial charge in [-0.3, -0.25) is 19.2 Å². The maximum atomic E-state index is 12.7. The average molecular weight is 595 g/mol. The lowest BCUT2D eigenvalue weighted by atomic mass is 9.77. The summed E-state index contributed by atoms with van der Waals surface area (Å²) in [5, 5.41) is 0. The zero-order valence-electron chi connectivity index (χ0n) is 28.1. The Balaban J connectivity index is 2.27. The first-order valence-corrected chi connectivity index (χ1v) is 16.6. The molecule has 0 bridgehead atoms. The van der Waals surface area contributed by atoms with Crippen molar-refractivity contribution in [1.29, 1.82) is 0 Å². The number of nitrogens with zero attached hydrogens (tertiary/aromatic N) is 2. The molecule has 2 unspecified atom stereocenters. The Morgan fingerprint density at radius 1 is 0.619 bits per heavy atom. The van der Waals surface area contributed by atoms with Crippen molar-refractivity contribution >= 4 is 23.5 Å². The highest BCUT2D eigenvalue weighted by molar-refractivity contribution is 5.96. The second-order valence-corrected chi connectivity index (χ2v) is 14.1. The molecule has 1 rings (SSSR count). The van der Waals surface area contributed by atoms with Gasteiger partial charge in [-0.25, -0.2) is 0 Å². The van der Waals surface area contributed by atoms with Crippen molar-refractivity contribution in [3.05, 3.63) is 0 Å². The number of ether oxygens (including phenoxy) is 2. The van der Waals surface area contributed by atoms with Crippen molar-refractivity contribution in [3.8, 4) is 0 Å². The van der Waals surface area contributed by atoms with Gasteiger partial charge in [0.05, 0.1) is 13.2 Å². The molecule has 0 aromatic heterocycles. The van der Waals surface area contributed by atoms with Gasteiger partial charge < -0.3 is 19.3 Å². The number of esters is 2. The molecule has 42 heavy (non-hydrogen) atoms. The number of rotatable bonds is 22. The van der Waals surface area contributed by atoms with Crippen LogP contribution < -0.4 is 0 Å². The normalized spacial score (nSPS) is 17.9. The van der Waals surface area contributed by atoms with Crippen LogP contribution in [0.25, 0.3) is 0 Å². The Morgan fingerprint density at radius 2 is 0.929 bits per heavy atom. The van der Waals surface area contributed by atoms with Crippen LogP contribution in [0.5, 0.6) is 0 Å². The third-order valence-electron chi connectivity index (χ3n) is 7.47. The largest absolute Gasteiger partial charge is 0.466 e. The van der Waals surface area contributed by atoms with E-state index >= 15 is 0 Å². The molecule has 8 nitrogen and oxygen atoms in total. The van der Waals surface area contributed by atoms with Crippen LogP contribution in [-0.4, -0.2) is 85.8 Å². The minimum Gasteiger partial charge on any atom is -0.466 e. The highest BCUT2D eigenvalue weighted by atomic mass is 16.5. The quantitative estimate of drug-likeness (QED) is 0.145. The molecular weight excluding hydrogens is 532 g/mol. The van der Waals surface area contributed by atoms with Crippen molar-refractivity contribution in [2.45, 2.75) is 107 Å². The number of Topliss-reactive ketones (excluding diaryl/α,β-unsaturated/α-hetero) is 2. The molecule has 0 radical (unpaired) electrons. The molecule has 0 amide bonds. The fourth-order valence-electron chi connectivity index (χ4n) is 5.82. The molecule has 1 fully saturated rings. The summed E-state index contributed by atoms with van der Waals surface area (Å²) >= 11 is 0. The fraction of sp³-hybridized carbons (Fsp3) is 0.882. The molecular formula is C34H62N2O6. The van der Waals surface area contributed by atoms with E-state index in [0.29, 0.717) is 49.4 Å². The smallest absolute Gasteiger partial charge is 0.305 e. The molecule has 0 N–H and O–H groups in total. The zero-order valence-corrected chi connectivity index (χ0v) is 28.1. The van der Waals surface area contributed by atoms with Gasteiger partial charge in [0.15, 0.2) is 0 Å². The Bertz CT molecular complexity index is 724. The second kappa shape index (κ2) is 21.0. The van der Waals surface area contributed by atoms with Crippen molar-refractivity contribution in [1.82, 2.24) is 9.80 Å². The number of carbonyl (C=O) groups is 4. The molecule has 1 saturated carbocycles. The van der Waals surface area contributed by atoms with Crippen molar-refractivity contribution in [2.75, 3.05) is 52.5 Å². The zero-order chi connectivity index (χ0) is 31.7. The first kappa shape index (κ1) is 38.2. The number of hydrogen-bond acceptors (Lipinski definition) is 8. The van der Waals surface area contributed by atoms with Gasteiger partial charge in [0.1, 0.15) is 11.6 Å². The van der Waals surface area contributed by atoms with Gasteiger partial charge >= 0.3 is 11.9 Å². The van der Waals surface area contributed by atoms with E-state index in [1.807, 2.05) is 0 Å². The van der Waals surface area contributed by atoms with Gasteiger partial charge in [0, 0.05) is 63.7 Å². The van der Waals surface area contributed by atoms with Crippen LogP contribution >= 0.6 is 0 Å². The van der Waals surface area contributed by atoms with E-state index in [2.05, 4.69) is 65.2 Å². The monoisotopic (exact) mass is 594 g/mol. The molecule has 1 aliphatic rings. The summed E-state index contributed by atoms with van der Waals surface area (Å²) < 4.78 is 10.8. The third-order valence-corrected chi connectivity index (χ3v) is 7.47. The minimum absolute atomic E-state index is 0.0374. The lowest BCUT2D eigenvalue weighted by Crippen LogP contribution is -2.34. The summed E-state index contributed by atoms with van der Waals surface area (Å²) in [6, 6.07) is 0. The average Bonchev–Trinajstić information content (AvgIpc) is 2.85. The van der Waals surface area contributed by atoms with Crippen LogP contribution in [0.4, 0.5) is 0 Å². The van der Waals surface area contributed by atoms with Crippen LogP contribution in [-0.2, 0) is 28.7 Å². The SMILES string of the molecule is CC(C)CN(CCCC(=O)OCCC1CC(=O)C(CCOC(=O)CCCN(CC(C)C)CC(C)C)CC1=O)CC(C)C. The Kier molecular flexibility index (Phi) is 19.1. The minimum atomic E-state index is -0.392. The van der Waals surface area contributed by atoms with Gasteiger partial charge in [-0.1, -0.05) is 55.4 Å². The summed E-state index contributed by atoms with van der Waals surface area (Å²) in [6.07, 6.45) is 3.34. The Morgan fingerprint density at radius 3 is 1.21 bits per heavy atom. The van der Waals surface area contributed by atoms with Crippen molar-refractivity contribution < 1.29 is 28.7 Å². The molecule has 0 aromatic rings. The molecule has 0 heterocycles. The predicted octanol–water partition coefficient (Wildman–Crippen LogP) is 5.81. The Labute approximate surface area is 256 Å². The molecule has 0 aromatic carbocycles. The highest BCUT2D eigenvalue weighted by Gasteiger charge is 2.34. The first-order chi connectivity index (χ1) is 19.8. The van der Waals surface area contributed by atoms with E-state index in [1.54, 1.807) is 0 Å². The van der Waals surface area contributed by atoms with Gasteiger partial charge in [-0.05, 0) is 62.4 Å². The molecule has 244 valence electrons. The van der Waals surface area contributed by atoms with Crippen LogP contribution in [0.1, 0.15) is 107 Å². The molecule has 1 aliphatic carbocycles. The topological polar surface area (TPSA) is 93.2 Å². The second-order valence-electron chi connectivity index (χ2n) is 14.1. The first-order valence-electron chi connectivity index (χ1n) is 16.6. The lowest BCUT2D eigenvalue weighted by Gasteiger charge is -2.26. The van der Waals surface area contributed by atoms with Crippen LogP contribution in [0.15, 0.2) is 0 Å². The van der Waals surface area contributed by atoms with Crippen molar-refractivity contribution in [2.24, 2.45) is 35.5 Å². The van der Waals surface area contributed by atoms with E-state index in [9.17, 15) is 19.2 Å². The molecule has 0 spiro atoms. The summed E-state index contributed by atoms with van der Waals surface area (Å²) in [6.45, 7) is 23.8.